The van der Waals surface area contributed by atoms with Crippen LogP contribution >= 0.6 is 15.9 Å². The Morgan fingerprint density at radius 1 is 1.39 bits per heavy atom. The number of carbonyl (C=O) groups is 1. The van der Waals surface area contributed by atoms with E-state index < -0.39 is 0 Å². The van der Waals surface area contributed by atoms with E-state index >= 15 is 0 Å². The van der Waals surface area contributed by atoms with Crippen molar-refractivity contribution in [1.29, 1.82) is 0 Å². The van der Waals surface area contributed by atoms with Crippen molar-refractivity contribution in [2.45, 2.75) is 26.8 Å². The molecule has 0 N–H and O–H groups in total. The van der Waals surface area contributed by atoms with Gasteiger partial charge in [-0.25, -0.2) is 0 Å². The monoisotopic (exact) mass is 315 g/mol. The normalized spacial score (nSPS) is 17.9. The van der Waals surface area contributed by atoms with Gasteiger partial charge in [0.05, 0.1) is 29.1 Å². The lowest BCUT2D eigenvalue weighted by Crippen LogP contribution is -2.44. The van der Waals surface area contributed by atoms with Gasteiger partial charge < -0.3 is 9.64 Å². The van der Waals surface area contributed by atoms with E-state index in [1.807, 2.05) is 25.7 Å². The number of morpholine rings is 1. The average Bonchev–Trinajstić information content (AvgIpc) is 2.66. The number of ether oxygens (including phenoxy) is 1. The first-order valence-electron chi connectivity index (χ1n) is 6.10. The molecule has 0 saturated carbocycles. The second kappa shape index (κ2) is 5.40. The number of aromatic nitrogens is 2. The van der Waals surface area contributed by atoms with Crippen LogP contribution in [0.5, 0.6) is 0 Å². The summed E-state index contributed by atoms with van der Waals surface area (Å²) >= 11 is 3.49. The van der Waals surface area contributed by atoms with E-state index in [2.05, 4.69) is 21.0 Å². The van der Waals surface area contributed by atoms with Crippen molar-refractivity contribution in [3.8, 4) is 0 Å². The molecule has 1 unspecified atom stereocenters. The molecule has 1 atom stereocenters. The summed E-state index contributed by atoms with van der Waals surface area (Å²) in [5.74, 6) is 0.108. The Morgan fingerprint density at radius 2 is 2.00 bits per heavy atom. The lowest BCUT2D eigenvalue weighted by Gasteiger charge is -2.29. The molecule has 1 aliphatic rings. The first kappa shape index (κ1) is 13.5. The number of hydrogen-bond donors (Lipinski definition) is 0. The quantitative estimate of drug-likeness (QED) is 0.834. The zero-order chi connectivity index (χ0) is 13.3. The van der Waals surface area contributed by atoms with Crippen LogP contribution in [0.3, 0.4) is 0 Å². The first-order chi connectivity index (χ1) is 8.52. The minimum absolute atomic E-state index is 0.108. The van der Waals surface area contributed by atoms with Crippen molar-refractivity contribution in [2.75, 3.05) is 26.3 Å². The predicted octanol–water partition coefficient (Wildman–Crippen LogP) is 1.68. The topological polar surface area (TPSA) is 47.4 Å². The van der Waals surface area contributed by atoms with Gasteiger partial charge in [-0.3, -0.25) is 9.48 Å². The van der Waals surface area contributed by atoms with E-state index in [1.165, 1.54) is 0 Å². The third-order valence-corrected chi connectivity index (χ3v) is 4.43. The number of aryl methyl sites for hydroxylation is 1. The van der Waals surface area contributed by atoms with Crippen LogP contribution in [0.15, 0.2) is 4.47 Å². The van der Waals surface area contributed by atoms with Crippen LogP contribution < -0.4 is 0 Å². The van der Waals surface area contributed by atoms with Gasteiger partial charge in [-0.2, -0.15) is 5.10 Å². The van der Waals surface area contributed by atoms with Crippen LogP contribution in [-0.4, -0.2) is 46.9 Å². The van der Waals surface area contributed by atoms with Crippen molar-refractivity contribution in [3.05, 3.63) is 15.9 Å². The molecule has 5 nitrogen and oxygen atoms in total. The Morgan fingerprint density at radius 3 is 2.50 bits per heavy atom. The molecule has 0 radical (unpaired) electrons. The SMILES string of the molecule is Cc1nn(C(C)C(=O)N2CCOCC2)c(C)c1Br. The number of hydrogen-bond acceptors (Lipinski definition) is 3. The highest BCUT2D eigenvalue weighted by Gasteiger charge is 2.26. The summed E-state index contributed by atoms with van der Waals surface area (Å²) in [6, 6.07) is -0.270. The molecule has 0 spiro atoms. The van der Waals surface area contributed by atoms with E-state index in [1.54, 1.807) is 4.68 Å². The maximum Gasteiger partial charge on any atom is 0.247 e. The fraction of sp³-hybridized carbons (Fsp3) is 0.667. The fourth-order valence-electron chi connectivity index (χ4n) is 2.17. The van der Waals surface area contributed by atoms with Crippen molar-refractivity contribution < 1.29 is 9.53 Å². The summed E-state index contributed by atoms with van der Waals surface area (Å²) < 4.78 is 8.02. The van der Waals surface area contributed by atoms with Gasteiger partial charge in [0.1, 0.15) is 6.04 Å². The Balaban J connectivity index is 2.17. The first-order valence-corrected chi connectivity index (χ1v) is 6.89. The van der Waals surface area contributed by atoms with Crippen LogP contribution in [0.25, 0.3) is 0 Å². The summed E-state index contributed by atoms with van der Waals surface area (Å²) in [6.07, 6.45) is 0. The predicted molar refractivity (Wildman–Crippen MR) is 71.5 cm³/mol. The maximum atomic E-state index is 12.4. The molecular weight excluding hydrogens is 298 g/mol. The molecule has 18 heavy (non-hydrogen) atoms. The molecule has 0 bridgehead atoms. The van der Waals surface area contributed by atoms with Crippen LogP contribution in [0.2, 0.25) is 0 Å². The largest absolute Gasteiger partial charge is 0.378 e. The van der Waals surface area contributed by atoms with Gasteiger partial charge in [0.25, 0.3) is 0 Å². The molecule has 100 valence electrons. The molecule has 1 fully saturated rings. The molecule has 1 aliphatic heterocycles. The molecule has 6 heteroatoms. The average molecular weight is 316 g/mol. The standard InChI is InChI=1S/C12H18BrN3O2/c1-8-11(13)9(2)16(14-8)10(3)12(17)15-4-6-18-7-5-15/h10H,4-7H2,1-3H3. The van der Waals surface area contributed by atoms with Crippen molar-refractivity contribution in [3.63, 3.8) is 0 Å². The van der Waals surface area contributed by atoms with E-state index in [4.69, 9.17) is 4.74 Å². The van der Waals surface area contributed by atoms with Gasteiger partial charge in [-0.15, -0.1) is 0 Å². The third-order valence-electron chi connectivity index (χ3n) is 3.28. The Hall–Kier alpha value is -0.880. The van der Waals surface area contributed by atoms with Gasteiger partial charge in [-0.1, -0.05) is 0 Å². The zero-order valence-corrected chi connectivity index (χ0v) is 12.5. The Bertz CT molecular complexity index is 452. The summed E-state index contributed by atoms with van der Waals surface area (Å²) in [5.41, 5.74) is 1.90. The Labute approximate surface area is 115 Å². The summed E-state index contributed by atoms with van der Waals surface area (Å²) in [5, 5.41) is 4.42. The van der Waals surface area contributed by atoms with Crippen molar-refractivity contribution >= 4 is 21.8 Å². The molecule has 1 aromatic rings. The van der Waals surface area contributed by atoms with Crippen LogP contribution in [0, 0.1) is 13.8 Å². The number of nitrogens with zero attached hydrogens (tertiary/aromatic N) is 3. The van der Waals surface area contributed by atoms with Gasteiger partial charge >= 0.3 is 0 Å². The fourth-order valence-corrected chi connectivity index (χ4v) is 2.43. The molecule has 2 rings (SSSR count). The smallest absolute Gasteiger partial charge is 0.247 e. The molecule has 1 amide bonds. The summed E-state index contributed by atoms with van der Waals surface area (Å²) in [6.45, 7) is 8.38. The highest BCUT2D eigenvalue weighted by atomic mass is 79.9. The van der Waals surface area contributed by atoms with E-state index in [0.717, 1.165) is 15.9 Å². The highest BCUT2D eigenvalue weighted by Crippen LogP contribution is 2.23. The molecule has 1 aromatic heterocycles. The summed E-state index contributed by atoms with van der Waals surface area (Å²) in [4.78, 5) is 14.2. The third kappa shape index (κ3) is 2.44. The summed E-state index contributed by atoms with van der Waals surface area (Å²) in [7, 11) is 0. The lowest BCUT2D eigenvalue weighted by molar-refractivity contribution is -0.138. The lowest BCUT2D eigenvalue weighted by atomic mass is 10.2. The zero-order valence-electron chi connectivity index (χ0n) is 10.9. The van der Waals surface area contributed by atoms with E-state index in [-0.39, 0.29) is 11.9 Å². The van der Waals surface area contributed by atoms with Crippen LogP contribution in [-0.2, 0) is 9.53 Å². The molecule has 1 saturated heterocycles. The maximum absolute atomic E-state index is 12.4. The number of carbonyl (C=O) groups excluding carboxylic acids is 1. The number of amides is 1. The molecule has 2 heterocycles. The minimum Gasteiger partial charge on any atom is -0.378 e. The second-order valence-electron chi connectivity index (χ2n) is 4.54. The van der Waals surface area contributed by atoms with Crippen molar-refractivity contribution in [1.82, 2.24) is 14.7 Å². The van der Waals surface area contributed by atoms with Gasteiger partial charge in [0, 0.05) is 13.1 Å². The van der Waals surface area contributed by atoms with Crippen LogP contribution in [0.1, 0.15) is 24.4 Å². The van der Waals surface area contributed by atoms with Gasteiger partial charge in [0.15, 0.2) is 0 Å². The second-order valence-corrected chi connectivity index (χ2v) is 5.34. The van der Waals surface area contributed by atoms with E-state index in [9.17, 15) is 4.79 Å². The van der Waals surface area contributed by atoms with Gasteiger partial charge in [-0.05, 0) is 36.7 Å². The molecule has 0 aromatic carbocycles. The highest BCUT2D eigenvalue weighted by molar-refractivity contribution is 9.10. The Kier molecular flexibility index (Phi) is 4.07. The van der Waals surface area contributed by atoms with E-state index in [0.29, 0.717) is 26.3 Å². The van der Waals surface area contributed by atoms with Crippen LogP contribution in [0.4, 0.5) is 0 Å². The molecule has 0 aliphatic carbocycles. The van der Waals surface area contributed by atoms with Crippen molar-refractivity contribution in [2.24, 2.45) is 0 Å². The number of rotatable bonds is 2. The minimum atomic E-state index is -0.270. The van der Waals surface area contributed by atoms with Gasteiger partial charge in [0.2, 0.25) is 5.91 Å². The molecular formula is C12H18BrN3O2. The number of halogens is 1.